The number of hydrogen-bond donors (Lipinski definition) is 0. The lowest BCUT2D eigenvalue weighted by Crippen LogP contribution is -2.26. The molecule has 0 amide bonds. The van der Waals surface area contributed by atoms with Crippen LogP contribution in [0.15, 0.2) is 11.6 Å². The zero-order valence-electron chi connectivity index (χ0n) is 9.92. The van der Waals surface area contributed by atoms with Gasteiger partial charge in [0.1, 0.15) is 0 Å². The lowest BCUT2D eigenvalue weighted by molar-refractivity contribution is 0.129. The molecule has 3 aliphatic carbocycles. The third kappa shape index (κ3) is 2.43. The van der Waals surface area contributed by atoms with E-state index < -0.39 is 0 Å². The van der Waals surface area contributed by atoms with E-state index in [-0.39, 0.29) is 5.41 Å². The van der Waals surface area contributed by atoms with Crippen molar-refractivity contribution in [3.63, 3.8) is 0 Å². The molecule has 0 aromatic heterocycles. The van der Waals surface area contributed by atoms with Crippen molar-refractivity contribution < 1.29 is 0 Å². The number of nitrogens with zero attached hydrogens (tertiary/aromatic N) is 1. The first-order valence-corrected chi connectivity index (χ1v) is 6.27. The summed E-state index contributed by atoms with van der Waals surface area (Å²) >= 11 is 0. The third-order valence-electron chi connectivity index (χ3n) is 4.20. The molecule has 1 heteroatoms. The largest absolute Gasteiger partial charge is 0.193 e. The van der Waals surface area contributed by atoms with E-state index in [0.29, 0.717) is 0 Å². The van der Waals surface area contributed by atoms with Crippen LogP contribution in [0.4, 0.5) is 0 Å². The molecule has 0 saturated heterocycles. The molecule has 1 nitrogen and oxygen atoms in total. The summed E-state index contributed by atoms with van der Waals surface area (Å²) < 4.78 is 0. The summed E-state index contributed by atoms with van der Waals surface area (Å²) in [5, 5.41) is 8.22. The lowest BCUT2D eigenvalue weighted by Gasteiger charge is -2.39. The summed E-state index contributed by atoms with van der Waals surface area (Å²) in [7, 11) is 0. The molecule has 3 aliphatic rings. The molecule has 3 rings (SSSR count). The molecule has 0 aromatic carbocycles. The van der Waals surface area contributed by atoms with Gasteiger partial charge >= 0.3 is 0 Å². The van der Waals surface area contributed by atoms with E-state index >= 15 is 0 Å². The summed E-state index contributed by atoms with van der Waals surface area (Å²) in [4.78, 5) is 0. The Labute approximate surface area is 93.2 Å². The van der Waals surface area contributed by atoms with E-state index in [9.17, 15) is 0 Å². The number of hydrogen-bond acceptors (Lipinski definition) is 1. The molecule has 0 aromatic rings. The molecule has 0 N–H and O–H groups in total. The van der Waals surface area contributed by atoms with Gasteiger partial charge in [-0.3, -0.25) is 0 Å². The van der Waals surface area contributed by atoms with Gasteiger partial charge in [-0.1, -0.05) is 58.4 Å². The van der Waals surface area contributed by atoms with E-state index in [2.05, 4.69) is 6.07 Å². The summed E-state index contributed by atoms with van der Waals surface area (Å²) in [5.41, 5.74) is 1.07. The highest BCUT2D eigenvalue weighted by atomic mass is 14.4. The van der Waals surface area contributed by atoms with Crippen molar-refractivity contribution in [2.24, 2.45) is 17.3 Å². The second-order valence-electron chi connectivity index (χ2n) is 5.77. The predicted octanol–water partition coefficient (Wildman–Crippen LogP) is 4.06. The Morgan fingerprint density at radius 1 is 1.13 bits per heavy atom. The van der Waals surface area contributed by atoms with Crippen LogP contribution < -0.4 is 0 Å². The molecular formula is C14H21N. The van der Waals surface area contributed by atoms with Crippen molar-refractivity contribution >= 4 is 0 Å². The topological polar surface area (TPSA) is 23.8 Å². The van der Waals surface area contributed by atoms with Crippen molar-refractivity contribution in [3.05, 3.63) is 11.6 Å². The maximum absolute atomic E-state index is 8.22. The van der Waals surface area contributed by atoms with Crippen molar-refractivity contribution in [2.75, 3.05) is 0 Å². The molecule has 15 heavy (non-hydrogen) atoms. The second kappa shape index (κ2) is 4.00. The minimum atomic E-state index is 0.148. The lowest BCUT2D eigenvalue weighted by atomic mass is 9.67. The zero-order chi connectivity index (χ0) is 10.9. The average molecular weight is 203 g/mol. The van der Waals surface area contributed by atoms with Crippen molar-refractivity contribution in [3.8, 4) is 6.07 Å². The quantitative estimate of drug-likeness (QED) is 0.630. The van der Waals surface area contributed by atoms with Crippen LogP contribution in [0.2, 0.25) is 0 Å². The van der Waals surface area contributed by atoms with Gasteiger partial charge in [-0.05, 0) is 11.8 Å². The molecule has 0 unspecified atom stereocenters. The van der Waals surface area contributed by atoms with Crippen LogP contribution in [0.1, 0.15) is 52.4 Å². The Kier molecular flexibility index (Phi) is 2.87. The Morgan fingerprint density at radius 2 is 1.53 bits per heavy atom. The normalized spacial score (nSPS) is 27.4. The van der Waals surface area contributed by atoms with Gasteiger partial charge < -0.3 is 0 Å². The SMILES string of the molecule is C1CC(C2CCC2)C1.CC1(C)C=C1C#N. The van der Waals surface area contributed by atoms with Gasteiger partial charge in [-0.2, -0.15) is 5.26 Å². The van der Waals surface area contributed by atoms with Crippen LogP contribution in [-0.4, -0.2) is 0 Å². The average Bonchev–Trinajstić information content (AvgIpc) is 2.64. The highest BCUT2D eigenvalue weighted by Crippen LogP contribution is 2.43. The Balaban J connectivity index is 0.000000115. The Morgan fingerprint density at radius 3 is 1.60 bits per heavy atom. The number of allylic oxidation sites excluding steroid dienone is 2. The molecule has 0 bridgehead atoms. The van der Waals surface area contributed by atoms with Gasteiger partial charge in [0.2, 0.25) is 0 Å². The fraction of sp³-hybridized carbons (Fsp3) is 0.786. The molecule has 2 saturated carbocycles. The molecule has 0 aliphatic heterocycles. The van der Waals surface area contributed by atoms with Crippen LogP contribution in [0, 0.1) is 28.6 Å². The predicted molar refractivity (Wildman–Crippen MR) is 62.2 cm³/mol. The molecule has 82 valence electrons. The summed E-state index contributed by atoms with van der Waals surface area (Å²) in [6.45, 7) is 4.07. The van der Waals surface area contributed by atoms with Crippen LogP contribution in [0.25, 0.3) is 0 Å². The van der Waals surface area contributed by atoms with Gasteiger partial charge in [0.15, 0.2) is 0 Å². The van der Waals surface area contributed by atoms with E-state index in [4.69, 9.17) is 5.26 Å². The van der Waals surface area contributed by atoms with Crippen molar-refractivity contribution in [1.29, 1.82) is 5.26 Å². The summed E-state index contributed by atoms with van der Waals surface area (Å²) in [5.74, 6) is 2.37. The highest BCUT2D eigenvalue weighted by molar-refractivity contribution is 5.46. The molecular weight excluding hydrogens is 182 g/mol. The molecule has 0 atom stereocenters. The number of rotatable bonds is 1. The van der Waals surface area contributed by atoms with Gasteiger partial charge in [0, 0.05) is 11.0 Å². The smallest absolute Gasteiger partial charge is 0.0953 e. The maximum Gasteiger partial charge on any atom is 0.0953 e. The van der Waals surface area contributed by atoms with E-state index in [1.165, 1.54) is 24.7 Å². The van der Waals surface area contributed by atoms with Gasteiger partial charge in [0.25, 0.3) is 0 Å². The fourth-order valence-corrected chi connectivity index (χ4v) is 2.32. The van der Waals surface area contributed by atoms with Crippen molar-refractivity contribution in [1.82, 2.24) is 0 Å². The van der Waals surface area contributed by atoms with Gasteiger partial charge in [-0.25, -0.2) is 0 Å². The minimum Gasteiger partial charge on any atom is -0.193 e. The van der Waals surface area contributed by atoms with Crippen LogP contribution in [0.3, 0.4) is 0 Å². The molecule has 0 heterocycles. The second-order valence-corrected chi connectivity index (χ2v) is 5.77. The van der Waals surface area contributed by atoms with E-state index in [1.54, 1.807) is 25.7 Å². The molecule has 0 spiro atoms. The van der Waals surface area contributed by atoms with Crippen LogP contribution >= 0.6 is 0 Å². The fourth-order valence-electron chi connectivity index (χ4n) is 2.32. The minimum absolute atomic E-state index is 0.148. The summed E-state index contributed by atoms with van der Waals surface area (Å²) in [6.07, 6.45) is 11.3. The van der Waals surface area contributed by atoms with Crippen LogP contribution in [-0.2, 0) is 0 Å². The zero-order valence-corrected chi connectivity index (χ0v) is 9.92. The Hall–Kier alpha value is -0.770. The summed E-state index contributed by atoms with van der Waals surface area (Å²) in [6, 6.07) is 2.09. The standard InChI is InChI=1S/C8H14.C6H7N/c1-3-7(4-1)8-5-2-6-8;1-6(2)3-5(6)4-7/h7-8H,1-6H2;3H,1-2H3. The first kappa shape index (κ1) is 10.7. The molecule has 0 radical (unpaired) electrons. The van der Waals surface area contributed by atoms with E-state index in [0.717, 1.165) is 5.57 Å². The first-order chi connectivity index (χ1) is 7.13. The Bertz CT molecular complexity index is 286. The van der Waals surface area contributed by atoms with Crippen LogP contribution in [0.5, 0.6) is 0 Å². The van der Waals surface area contributed by atoms with Gasteiger partial charge in [-0.15, -0.1) is 0 Å². The molecule has 2 fully saturated rings. The maximum atomic E-state index is 8.22. The monoisotopic (exact) mass is 203 g/mol. The third-order valence-corrected chi connectivity index (χ3v) is 4.20. The number of nitriles is 1. The highest BCUT2D eigenvalue weighted by Gasteiger charge is 2.33. The van der Waals surface area contributed by atoms with E-state index in [1.807, 2.05) is 19.9 Å². The first-order valence-electron chi connectivity index (χ1n) is 6.27. The van der Waals surface area contributed by atoms with Gasteiger partial charge in [0.05, 0.1) is 6.07 Å². The van der Waals surface area contributed by atoms with Crippen molar-refractivity contribution in [2.45, 2.75) is 52.4 Å².